The molecule has 5 heteroatoms. The first kappa shape index (κ1) is 18.1. The van der Waals surface area contributed by atoms with E-state index in [1.54, 1.807) is 11.3 Å². The number of esters is 1. The van der Waals surface area contributed by atoms with Gasteiger partial charge in [0, 0.05) is 9.35 Å². The Hall–Kier alpha value is -1.20. The standard InChI is InChI=1S/C18H22BrNO2S/c1-3-22-18(21)17-13(2)23-16(20-17)11-6-4-5-8-14-9-7-10-15(19)12-14/h7,9-10,12H,3-6,8,11H2,1-2H3. The number of rotatable bonds is 8. The molecular weight excluding hydrogens is 374 g/mol. The van der Waals surface area contributed by atoms with Crippen LogP contribution < -0.4 is 0 Å². The molecule has 0 atom stereocenters. The lowest BCUT2D eigenvalue weighted by Crippen LogP contribution is -2.06. The van der Waals surface area contributed by atoms with E-state index in [2.05, 4.69) is 45.2 Å². The van der Waals surface area contributed by atoms with Gasteiger partial charge in [-0.2, -0.15) is 0 Å². The lowest BCUT2D eigenvalue weighted by atomic mass is 10.1. The van der Waals surface area contributed by atoms with Gasteiger partial charge < -0.3 is 4.74 Å². The monoisotopic (exact) mass is 395 g/mol. The summed E-state index contributed by atoms with van der Waals surface area (Å²) in [5.74, 6) is -0.304. The van der Waals surface area contributed by atoms with Crippen LogP contribution in [-0.2, 0) is 17.6 Å². The number of aryl methyl sites for hydroxylation is 3. The number of benzene rings is 1. The molecule has 0 amide bonds. The van der Waals surface area contributed by atoms with Gasteiger partial charge in [-0.1, -0.05) is 34.5 Å². The smallest absolute Gasteiger partial charge is 0.358 e. The molecule has 1 heterocycles. The molecule has 1 aromatic heterocycles. The quantitative estimate of drug-likeness (QED) is 0.446. The molecule has 124 valence electrons. The van der Waals surface area contributed by atoms with Crippen molar-refractivity contribution in [2.45, 2.75) is 46.0 Å². The Labute approximate surface area is 150 Å². The molecule has 0 aliphatic carbocycles. The van der Waals surface area contributed by atoms with Gasteiger partial charge in [0.1, 0.15) is 0 Å². The first-order valence-electron chi connectivity index (χ1n) is 7.98. The summed E-state index contributed by atoms with van der Waals surface area (Å²) >= 11 is 5.11. The summed E-state index contributed by atoms with van der Waals surface area (Å²) in [6.07, 6.45) is 5.47. The van der Waals surface area contributed by atoms with Crippen LogP contribution in [-0.4, -0.2) is 17.6 Å². The van der Waals surface area contributed by atoms with E-state index in [-0.39, 0.29) is 5.97 Å². The van der Waals surface area contributed by atoms with Crippen molar-refractivity contribution in [2.24, 2.45) is 0 Å². The van der Waals surface area contributed by atoms with Crippen molar-refractivity contribution >= 4 is 33.2 Å². The second kappa shape index (κ2) is 9.18. The molecule has 0 spiro atoms. The number of nitrogens with zero attached hydrogens (tertiary/aromatic N) is 1. The Morgan fingerprint density at radius 1 is 1.26 bits per heavy atom. The van der Waals surface area contributed by atoms with Gasteiger partial charge in [-0.05, 0) is 57.2 Å². The third-order valence-corrected chi connectivity index (χ3v) is 5.08. The Kier molecular flexibility index (Phi) is 7.24. The second-order valence-electron chi connectivity index (χ2n) is 5.42. The summed E-state index contributed by atoms with van der Waals surface area (Å²) in [5, 5.41) is 1.04. The van der Waals surface area contributed by atoms with E-state index in [1.165, 1.54) is 18.4 Å². The van der Waals surface area contributed by atoms with Crippen LogP contribution in [0.1, 0.15) is 52.1 Å². The van der Waals surface area contributed by atoms with Crippen molar-refractivity contribution in [3.8, 4) is 0 Å². The van der Waals surface area contributed by atoms with E-state index in [0.717, 1.165) is 33.6 Å². The number of carbonyl (C=O) groups excluding carboxylic acids is 1. The molecule has 1 aromatic carbocycles. The normalized spacial score (nSPS) is 10.7. The van der Waals surface area contributed by atoms with Gasteiger partial charge in [0.05, 0.1) is 11.6 Å². The molecule has 0 fully saturated rings. The summed E-state index contributed by atoms with van der Waals surface area (Å²) in [5.41, 5.74) is 1.86. The van der Waals surface area contributed by atoms with Crippen LogP contribution in [0.4, 0.5) is 0 Å². The Morgan fingerprint density at radius 2 is 2.04 bits per heavy atom. The largest absolute Gasteiger partial charge is 0.461 e. The van der Waals surface area contributed by atoms with Crippen molar-refractivity contribution in [3.63, 3.8) is 0 Å². The zero-order chi connectivity index (χ0) is 16.7. The highest BCUT2D eigenvalue weighted by atomic mass is 79.9. The molecule has 0 unspecified atom stereocenters. The maximum atomic E-state index is 11.8. The van der Waals surface area contributed by atoms with Gasteiger partial charge in [-0.25, -0.2) is 9.78 Å². The lowest BCUT2D eigenvalue weighted by Gasteiger charge is -2.02. The fourth-order valence-electron chi connectivity index (χ4n) is 2.42. The molecule has 23 heavy (non-hydrogen) atoms. The number of ether oxygens (including phenoxy) is 1. The third kappa shape index (κ3) is 5.74. The molecule has 3 nitrogen and oxygen atoms in total. The first-order chi connectivity index (χ1) is 11.1. The van der Waals surface area contributed by atoms with Gasteiger partial charge in [0.25, 0.3) is 0 Å². The minimum Gasteiger partial charge on any atom is -0.461 e. The van der Waals surface area contributed by atoms with E-state index in [1.807, 2.05) is 13.8 Å². The summed E-state index contributed by atoms with van der Waals surface area (Å²) in [7, 11) is 0. The molecule has 0 saturated heterocycles. The van der Waals surface area contributed by atoms with Gasteiger partial charge in [0.2, 0.25) is 0 Å². The highest BCUT2D eigenvalue weighted by Gasteiger charge is 2.15. The van der Waals surface area contributed by atoms with Crippen LogP contribution in [0.25, 0.3) is 0 Å². The maximum Gasteiger partial charge on any atom is 0.358 e. The van der Waals surface area contributed by atoms with Crippen LogP contribution in [0.3, 0.4) is 0 Å². The fourth-order valence-corrected chi connectivity index (χ4v) is 3.83. The minimum atomic E-state index is -0.304. The number of carbonyl (C=O) groups is 1. The van der Waals surface area contributed by atoms with Gasteiger partial charge in [-0.3, -0.25) is 0 Å². The SMILES string of the molecule is CCOC(=O)c1nc(CCCCCc2cccc(Br)c2)sc1C. The average molecular weight is 396 g/mol. The number of aromatic nitrogens is 1. The van der Waals surface area contributed by atoms with Crippen molar-refractivity contribution < 1.29 is 9.53 Å². The molecule has 0 bridgehead atoms. The summed E-state index contributed by atoms with van der Waals surface area (Å²) in [4.78, 5) is 17.1. The van der Waals surface area contributed by atoms with Crippen molar-refractivity contribution in [3.05, 3.63) is 49.9 Å². The molecule has 0 aliphatic heterocycles. The van der Waals surface area contributed by atoms with Crippen LogP contribution >= 0.6 is 27.3 Å². The summed E-state index contributed by atoms with van der Waals surface area (Å²) in [6, 6.07) is 8.47. The summed E-state index contributed by atoms with van der Waals surface area (Å²) < 4.78 is 6.16. The number of hydrogen-bond acceptors (Lipinski definition) is 4. The fraction of sp³-hybridized carbons (Fsp3) is 0.444. The van der Waals surface area contributed by atoms with Crippen LogP contribution in [0.2, 0.25) is 0 Å². The van der Waals surface area contributed by atoms with Gasteiger partial charge in [-0.15, -0.1) is 11.3 Å². The van der Waals surface area contributed by atoms with Crippen molar-refractivity contribution in [1.29, 1.82) is 0 Å². The topological polar surface area (TPSA) is 39.2 Å². The first-order valence-corrected chi connectivity index (χ1v) is 9.59. The number of hydrogen-bond donors (Lipinski definition) is 0. The molecule has 0 radical (unpaired) electrons. The Balaban J connectivity index is 1.74. The van der Waals surface area contributed by atoms with Gasteiger partial charge >= 0.3 is 5.97 Å². The number of unbranched alkanes of at least 4 members (excludes halogenated alkanes) is 2. The van der Waals surface area contributed by atoms with Crippen LogP contribution in [0, 0.1) is 6.92 Å². The predicted molar refractivity (Wildman–Crippen MR) is 98.2 cm³/mol. The maximum absolute atomic E-state index is 11.8. The molecule has 0 saturated carbocycles. The van der Waals surface area contributed by atoms with Crippen molar-refractivity contribution in [1.82, 2.24) is 4.98 Å². The highest BCUT2D eigenvalue weighted by molar-refractivity contribution is 9.10. The zero-order valence-corrected chi connectivity index (χ0v) is 16.0. The molecule has 0 aliphatic rings. The van der Waals surface area contributed by atoms with Crippen LogP contribution in [0.5, 0.6) is 0 Å². The minimum absolute atomic E-state index is 0.304. The summed E-state index contributed by atoms with van der Waals surface area (Å²) in [6.45, 7) is 4.13. The third-order valence-electron chi connectivity index (χ3n) is 3.55. The lowest BCUT2D eigenvalue weighted by molar-refractivity contribution is 0.0519. The van der Waals surface area contributed by atoms with E-state index < -0.39 is 0 Å². The second-order valence-corrected chi connectivity index (χ2v) is 7.63. The van der Waals surface area contributed by atoms with Gasteiger partial charge in [0.15, 0.2) is 5.69 Å². The Bertz CT molecular complexity index is 654. The van der Waals surface area contributed by atoms with E-state index in [0.29, 0.717) is 12.3 Å². The van der Waals surface area contributed by atoms with E-state index in [4.69, 9.17) is 4.74 Å². The van der Waals surface area contributed by atoms with E-state index in [9.17, 15) is 4.79 Å². The van der Waals surface area contributed by atoms with Crippen molar-refractivity contribution in [2.75, 3.05) is 6.61 Å². The molecule has 0 N–H and O–H groups in total. The van der Waals surface area contributed by atoms with Crippen LogP contribution in [0.15, 0.2) is 28.7 Å². The number of thiazole rings is 1. The highest BCUT2D eigenvalue weighted by Crippen LogP contribution is 2.21. The zero-order valence-electron chi connectivity index (χ0n) is 13.6. The molecule has 2 aromatic rings. The molecular formula is C18H22BrNO2S. The van der Waals surface area contributed by atoms with E-state index >= 15 is 0 Å². The Morgan fingerprint density at radius 3 is 2.78 bits per heavy atom. The molecule has 2 rings (SSSR count). The number of halogens is 1. The predicted octanol–water partition coefficient (Wildman–Crippen LogP) is 5.35. The average Bonchev–Trinajstić information content (AvgIpc) is 2.88.